The zero-order chi connectivity index (χ0) is 16.6. The minimum absolute atomic E-state index is 0.129. The molecule has 0 unspecified atom stereocenters. The highest BCUT2D eigenvalue weighted by Crippen LogP contribution is 2.32. The first-order chi connectivity index (χ1) is 11.0. The molecule has 0 spiro atoms. The molecule has 23 heavy (non-hydrogen) atoms. The SMILES string of the molecule is Cc1ccc(C2=C(Cl)C(=O)N(Cc3ccccc3F)C2=O)cc1. The second-order valence-corrected chi connectivity index (χ2v) is 5.72. The van der Waals surface area contributed by atoms with Gasteiger partial charge in [0.1, 0.15) is 10.8 Å². The van der Waals surface area contributed by atoms with E-state index in [0.29, 0.717) is 5.56 Å². The molecule has 1 aliphatic heterocycles. The number of hydrogen-bond donors (Lipinski definition) is 0. The fourth-order valence-corrected chi connectivity index (χ4v) is 2.75. The van der Waals surface area contributed by atoms with Crippen molar-refractivity contribution in [1.29, 1.82) is 0 Å². The van der Waals surface area contributed by atoms with E-state index in [2.05, 4.69) is 0 Å². The molecular formula is C18H13ClFNO2. The summed E-state index contributed by atoms with van der Waals surface area (Å²) in [5.74, 6) is -1.57. The fourth-order valence-electron chi connectivity index (χ4n) is 2.46. The lowest BCUT2D eigenvalue weighted by Crippen LogP contribution is -2.31. The molecule has 0 aromatic heterocycles. The lowest BCUT2D eigenvalue weighted by atomic mass is 10.0. The van der Waals surface area contributed by atoms with Crippen LogP contribution in [0.25, 0.3) is 5.57 Å². The molecule has 116 valence electrons. The molecule has 0 saturated heterocycles. The van der Waals surface area contributed by atoms with Crippen LogP contribution < -0.4 is 0 Å². The Kier molecular flexibility index (Phi) is 4.01. The van der Waals surface area contributed by atoms with E-state index in [9.17, 15) is 14.0 Å². The first-order valence-electron chi connectivity index (χ1n) is 7.05. The number of amides is 2. The van der Waals surface area contributed by atoms with Crippen molar-refractivity contribution in [2.24, 2.45) is 0 Å². The molecule has 2 amide bonds. The summed E-state index contributed by atoms with van der Waals surface area (Å²) in [6.07, 6.45) is 0. The molecule has 2 aromatic rings. The number of carbonyl (C=O) groups excluding carboxylic acids is 2. The number of nitrogens with zero attached hydrogens (tertiary/aromatic N) is 1. The molecule has 5 heteroatoms. The molecule has 0 N–H and O–H groups in total. The number of halogens is 2. The van der Waals surface area contributed by atoms with Crippen LogP contribution in [-0.4, -0.2) is 16.7 Å². The van der Waals surface area contributed by atoms with E-state index in [4.69, 9.17) is 11.6 Å². The van der Waals surface area contributed by atoms with Crippen molar-refractivity contribution in [2.45, 2.75) is 13.5 Å². The van der Waals surface area contributed by atoms with Crippen molar-refractivity contribution in [3.63, 3.8) is 0 Å². The molecule has 0 saturated carbocycles. The van der Waals surface area contributed by atoms with Gasteiger partial charge in [0.15, 0.2) is 0 Å². The Hall–Kier alpha value is -2.46. The van der Waals surface area contributed by atoms with Gasteiger partial charge in [-0.15, -0.1) is 0 Å². The van der Waals surface area contributed by atoms with Crippen LogP contribution in [0.5, 0.6) is 0 Å². The largest absolute Gasteiger partial charge is 0.273 e. The number of carbonyl (C=O) groups is 2. The Morgan fingerprint density at radius 1 is 1.00 bits per heavy atom. The van der Waals surface area contributed by atoms with Gasteiger partial charge in [-0.1, -0.05) is 59.6 Å². The quantitative estimate of drug-likeness (QED) is 0.806. The zero-order valence-corrected chi connectivity index (χ0v) is 13.1. The predicted molar refractivity (Wildman–Crippen MR) is 85.9 cm³/mol. The van der Waals surface area contributed by atoms with Crippen molar-refractivity contribution in [2.75, 3.05) is 0 Å². The van der Waals surface area contributed by atoms with Gasteiger partial charge >= 0.3 is 0 Å². The van der Waals surface area contributed by atoms with E-state index in [1.165, 1.54) is 12.1 Å². The summed E-state index contributed by atoms with van der Waals surface area (Å²) in [7, 11) is 0. The first kappa shape index (κ1) is 15.4. The molecule has 0 radical (unpaired) electrons. The van der Waals surface area contributed by atoms with E-state index in [1.54, 1.807) is 24.3 Å². The summed E-state index contributed by atoms with van der Waals surface area (Å²) in [6.45, 7) is 1.78. The highest BCUT2D eigenvalue weighted by atomic mass is 35.5. The predicted octanol–water partition coefficient (Wildman–Crippen LogP) is 3.65. The maximum absolute atomic E-state index is 13.8. The molecule has 0 atom stereocenters. The van der Waals surface area contributed by atoms with Crippen LogP contribution in [-0.2, 0) is 16.1 Å². The highest BCUT2D eigenvalue weighted by Gasteiger charge is 2.38. The normalized spacial score (nSPS) is 14.8. The molecule has 0 bridgehead atoms. The van der Waals surface area contributed by atoms with Gasteiger partial charge in [0.25, 0.3) is 11.8 Å². The molecule has 1 heterocycles. The molecule has 1 aliphatic rings. The van der Waals surface area contributed by atoms with Gasteiger partial charge in [-0.25, -0.2) is 4.39 Å². The van der Waals surface area contributed by atoms with E-state index in [1.807, 2.05) is 19.1 Å². The zero-order valence-electron chi connectivity index (χ0n) is 12.3. The lowest BCUT2D eigenvalue weighted by molar-refractivity contribution is -0.137. The number of imide groups is 1. The minimum atomic E-state index is -0.601. The summed E-state index contributed by atoms with van der Waals surface area (Å²) >= 11 is 6.07. The average molecular weight is 330 g/mol. The Morgan fingerprint density at radius 3 is 2.30 bits per heavy atom. The second-order valence-electron chi connectivity index (χ2n) is 5.34. The van der Waals surface area contributed by atoms with Crippen LogP contribution >= 0.6 is 11.6 Å². The van der Waals surface area contributed by atoms with Gasteiger partial charge in [0.05, 0.1) is 12.1 Å². The number of aryl methyl sites for hydroxylation is 1. The van der Waals surface area contributed by atoms with Crippen LogP contribution in [0.1, 0.15) is 16.7 Å². The third-order valence-electron chi connectivity index (χ3n) is 3.74. The van der Waals surface area contributed by atoms with Gasteiger partial charge in [0, 0.05) is 5.56 Å². The number of benzene rings is 2. The molecule has 2 aromatic carbocycles. The maximum atomic E-state index is 13.8. The molecule has 3 rings (SSSR count). The van der Waals surface area contributed by atoms with Gasteiger partial charge in [0.2, 0.25) is 0 Å². The van der Waals surface area contributed by atoms with Crippen molar-refractivity contribution >= 4 is 29.0 Å². The van der Waals surface area contributed by atoms with E-state index >= 15 is 0 Å². The van der Waals surface area contributed by atoms with Gasteiger partial charge < -0.3 is 0 Å². The lowest BCUT2D eigenvalue weighted by Gasteiger charge is -2.15. The van der Waals surface area contributed by atoms with Crippen LogP contribution in [0.2, 0.25) is 0 Å². The monoisotopic (exact) mass is 329 g/mol. The van der Waals surface area contributed by atoms with Crippen molar-refractivity contribution < 1.29 is 14.0 Å². The summed E-state index contributed by atoms with van der Waals surface area (Å²) < 4.78 is 13.8. The Bertz CT molecular complexity index is 827. The minimum Gasteiger partial charge on any atom is -0.269 e. The Labute approximate surface area is 138 Å². The Morgan fingerprint density at radius 2 is 1.65 bits per heavy atom. The molecular weight excluding hydrogens is 317 g/mol. The van der Waals surface area contributed by atoms with Crippen molar-refractivity contribution in [3.8, 4) is 0 Å². The second kappa shape index (κ2) is 5.97. The maximum Gasteiger partial charge on any atom is 0.273 e. The van der Waals surface area contributed by atoms with E-state index in [-0.39, 0.29) is 22.7 Å². The summed E-state index contributed by atoms with van der Waals surface area (Å²) in [6, 6.07) is 13.2. The first-order valence-corrected chi connectivity index (χ1v) is 7.43. The highest BCUT2D eigenvalue weighted by molar-refractivity contribution is 6.55. The summed E-state index contributed by atoms with van der Waals surface area (Å²) in [5.41, 5.74) is 2.04. The average Bonchev–Trinajstić information content (AvgIpc) is 2.74. The van der Waals surface area contributed by atoms with Crippen molar-refractivity contribution in [1.82, 2.24) is 4.90 Å². The van der Waals surface area contributed by atoms with Crippen molar-refractivity contribution in [3.05, 3.63) is 76.1 Å². The van der Waals surface area contributed by atoms with Gasteiger partial charge in [-0.3, -0.25) is 14.5 Å². The number of hydrogen-bond acceptors (Lipinski definition) is 2. The van der Waals surface area contributed by atoms with Gasteiger partial charge in [-0.05, 0) is 18.6 Å². The van der Waals surface area contributed by atoms with E-state index in [0.717, 1.165) is 10.5 Å². The third-order valence-corrected chi connectivity index (χ3v) is 4.09. The number of rotatable bonds is 3. The summed E-state index contributed by atoms with van der Waals surface area (Å²) in [5, 5.41) is -0.129. The standard InChI is InChI=1S/C18H13ClFNO2/c1-11-6-8-12(9-7-11)15-16(19)18(23)21(17(15)22)10-13-4-2-3-5-14(13)20/h2-9H,10H2,1H3. The molecule has 3 nitrogen and oxygen atoms in total. The summed E-state index contributed by atoms with van der Waals surface area (Å²) in [4.78, 5) is 25.8. The van der Waals surface area contributed by atoms with Crippen LogP contribution in [0.4, 0.5) is 4.39 Å². The smallest absolute Gasteiger partial charge is 0.269 e. The van der Waals surface area contributed by atoms with Gasteiger partial charge in [-0.2, -0.15) is 0 Å². The van der Waals surface area contributed by atoms with Crippen LogP contribution in [0.15, 0.2) is 53.6 Å². The Balaban J connectivity index is 1.93. The molecule has 0 fully saturated rings. The fraction of sp³-hybridized carbons (Fsp3) is 0.111. The molecule has 0 aliphatic carbocycles. The van der Waals surface area contributed by atoms with E-state index < -0.39 is 17.6 Å². The third kappa shape index (κ3) is 2.78. The van der Waals surface area contributed by atoms with Crippen LogP contribution in [0, 0.1) is 12.7 Å². The van der Waals surface area contributed by atoms with Crippen LogP contribution in [0.3, 0.4) is 0 Å². The topological polar surface area (TPSA) is 37.4 Å².